The van der Waals surface area contributed by atoms with Gasteiger partial charge in [-0.3, -0.25) is 4.79 Å². The van der Waals surface area contributed by atoms with Gasteiger partial charge in [0.05, 0.1) is 0 Å². The molecule has 0 aliphatic rings. The van der Waals surface area contributed by atoms with Crippen molar-refractivity contribution in [3.8, 4) is 0 Å². The first-order chi connectivity index (χ1) is 4.46. The molecule has 0 amide bonds. The van der Waals surface area contributed by atoms with Crippen LogP contribution in [0.15, 0.2) is 0 Å². The van der Waals surface area contributed by atoms with Gasteiger partial charge in [0.1, 0.15) is 5.44 Å². The van der Waals surface area contributed by atoms with E-state index in [-0.39, 0.29) is 0 Å². The maximum atomic E-state index is 10.3. The fourth-order valence-corrected chi connectivity index (χ4v) is 1.14. The molecule has 0 rings (SSSR count). The largest absolute Gasteiger partial charge is 0.480 e. The maximum absolute atomic E-state index is 10.3. The fourth-order valence-electron chi connectivity index (χ4n) is 0.480. The van der Waals surface area contributed by atoms with E-state index in [4.69, 9.17) is 10.2 Å². The van der Waals surface area contributed by atoms with E-state index in [9.17, 15) is 4.79 Å². The standard InChI is InChI=1S/C4H9NO3S2/c1-5(10)2(3(6)7)4(8)9/h2,4,8-10H,1H3,(H,6,7)/t2-,4?/m1/s1. The quantitative estimate of drug-likeness (QED) is 0.351. The van der Waals surface area contributed by atoms with Crippen molar-refractivity contribution >= 4 is 31.4 Å². The molecule has 0 radical (unpaired) electrons. The first-order valence-electron chi connectivity index (χ1n) is 2.47. The molecule has 6 heteroatoms. The topological polar surface area (TPSA) is 60.8 Å². The van der Waals surface area contributed by atoms with Crippen molar-refractivity contribution in [3.05, 3.63) is 0 Å². The van der Waals surface area contributed by atoms with Crippen molar-refractivity contribution in [2.45, 2.75) is 11.5 Å². The van der Waals surface area contributed by atoms with E-state index < -0.39 is 17.4 Å². The molecule has 0 aromatic heterocycles. The fraction of sp³-hybridized carbons (Fsp3) is 0.750. The summed E-state index contributed by atoms with van der Waals surface area (Å²) in [6, 6.07) is -1.08. The predicted molar refractivity (Wildman–Crippen MR) is 43.2 cm³/mol. The summed E-state index contributed by atoms with van der Waals surface area (Å²) in [4.78, 5) is 10.3. The van der Waals surface area contributed by atoms with E-state index in [2.05, 4.69) is 25.4 Å². The summed E-state index contributed by atoms with van der Waals surface area (Å²) in [5.41, 5.74) is -1.22. The number of aliphatic carboxylic acids is 1. The second-order valence-corrected chi connectivity index (χ2v) is 2.93. The lowest BCUT2D eigenvalue weighted by Gasteiger charge is -2.20. The molecule has 60 valence electrons. The van der Waals surface area contributed by atoms with E-state index >= 15 is 0 Å². The summed E-state index contributed by atoms with van der Waals surface area (Å²) in [7, 11) is 1.43. The van der Waals surface area contributed by atoms with Crippen molar-refractivity contribution in [2.75, 3.05) is 7.05 Å². The van der Waals surface area contributed by atoms with Gasteiger partial charge < -0.3 is 10.2 Å². The highest BCUT2D eigenvalue weighted by molar-refractivity contribution is 7.81. The number of thiol groups is 2. The monoisotopic (exact) mass is 183 g/mol. The molecular weight excluding hydrogens is 174 g/mol. The van der Waals surface area contributed by atoms with Crippen LogP contribution in [0.5, 0.6) is 0 Å². The van der Waals surface area contributed by atoms with Crippen LogP contribution >= 0.6 is 25.4 Å². The van der Waals surface area contributed by atoms with Crippen LogP contribution in [0.4, 0.5) is 0 Å². The molecule has 0 saturated heterocycles. The van der Waals surface area contributed by atoms with Crippen LogP contribution in [0.25, 0.3) is 0 Å². The Labute approximate surface area is 69.8 Å². The summed E-state index contributed by atoms with van der Waals surface area (Å²) in [5.74, 6) is -1.15. The Morgan fingerprint density at radius 3 is 2.10 bits per heavy atom. The molecule has 0 aliphatic carbocycles. The Kier molecular flexibility index (Phi) is 4.11. The van der Waals surface area contributed by atoms with Gasteiger partial charge in [-0.1, -0.05) is 12.8 Å². The lowest BCUT2D eigenvalue weighted by Crippen LogP contribution is -2.40. The third kappa shape index (κ3) is 2.78. The maximum Gasteiger partial charge on any atom is 0.325 e. The first kappa shape index (κ1) is 10.1. The number of aliphatic hydroxyl groups is 1. The summed E-state index contributed by atoms with van der Waals surface area (Å²) in [5, 5.41) is 17.2. The Hall–Kier alpha value is 0.0900. The second-order valence-electron chi connectivity index (χ2n) is 1.77. The van der Waals surface area contributed by atoms with Crippen molar-refractivity contribution in [2.24, 2.45) is 0 Å². The van der Waals surface area contributed by atoms with Gasteiger partial charge >= 0.3 is 5.97 Å². The lowest BCUT2D eigenvalue weighted by molar-refractivity contribution is -0.142. The SMILES string of the molecule is CN(S)[C@H](C(=O)O)C(O)S. The van der Waals surface area contributed by atoms with Gasteiger partial charge in [0.2, 0.25) is 0 Å². The molecule has 0 saturated carbocycles. The van der Waals surface area contributed by atoms with Crippen molar-refractivity contribution in [1.29, 1.82) is 0 Å². The highest BCUT2D eigenvalue weighted by atomic mass is 32.1. The second kappa shape index (κ2) is 4.07. The summed E-state index contributed by atoms with van der Waals surface area (Å²) in [6.45, 7) is 0. The third-order valence-electron chi connectivity index (χ3n) is 0.938. The number of nitrogens with zero attached hydrogens (tertiary/aromatic N) is 1. The minimum atomic E-state index is -1.22. The predicted octanol–water partition coefficient (Wildman–Crippen LogP) is -0.536. The van der Waals surface area contributed by atoms with Crippen LogP contribution in [0, 0.1) is 0 Å². The zero-order chi connectivity index (χ0) is 8.31. The van der Waals surface area contributed by atoms with Crippen molar-refractivity contribution in [3.63, 3.8) is 0 Å². The van der Waals surface area contributed by atoms with Crippen LogP contribution < -0.4 is 0 Å². The van der Waals surface area contributed by atoms with Gasteiger partial charge in [0, 0.05) is 0 Å². The number of carboxylic acids is 1. The molecule has 2 atom stereocenters. The Morgan fingerprint density at radius 1 is 1.70 bits per heavy atom. The molecule has 0 aromatic rings. The number of likely N-dealkylation sites (N-methyl/N-ethyl adjacent to an activating group) is 1. The van der Waals surface area contributed by atoms with Crippen LogP contribution in [-0.4, -0.2) is 39.0 Å². The third-order valence-corrected chi connectivity index (χ3v) is 1.47. The van der Waals surface area contributed by atoms with Crippen LogP contribution in [0.2, 0.25) is 0 Å². The van der Waals surface area contributed by atoms with Crippen molar-refractivity contribution < 1.29 is 15.0 Å². The number of hydrogen-bond donors (Lipinski definition) is 4. The van der Waals surface area contributed by atoms with Crippen LogP contribution in [0.1, 0.15) is 0 Å². The minimum Gasteiger partial charge on any atom is -0.480 e. The zero-order valence-corrected chi connectivity index (χ0v) is 7.09. The van der Waals surface area contributed by atoms with Gasteiger partial charge in [-0.25, -0.2) is 4.31 Å². The Morgan fingerprint density at radius 2 is 2.10 bits per heavy atom. The highest BCUT2D eigenvalue weighted by Gasteiger charge is 2.26. The van der Waals surface area contributed by atoms with E-state index in [1.54, 1.807) is 0 Å². The van der Waals surface area contributed by atoms with Gasteiger partial charge in [-0.05, 0) is 7.05 Å². The molecule has 0 spiro atoms. The summed E-state index contributed by atoms with van der Waals surface area (Å²) < 4.78 is 1.08. The van der Waals surface area contributed by atoms with Crippen molar-refractivity contribution in [1.82, 2.24) is 4.31 Å². The van der Waals surface area contributed by atoms with Gasteiger partial charge in [-0.2, -0.15) is 0 Å². The number of carboxylic acid groups (broad SMARTS) is 1. The molecule has 1 unspecified atom stereocenters. The number of carbonyl (C=O) groups is 1. The molecule has 0 bridgehead atoms. The summed E-state index contributed by atoms with van der Waals surface area (Å²) >= 11 is 7.27. The normalized spacial score (nSPS) is 16.9. The molecule has 0 aliphatic heterocycles. The molecular formula is C4H9NO3S2. The van der Waals surface area contributed by atoms with E-state index in [1.807, 2.05) is 0 Å². The highest BCUT2D eigenvalue weighted by Crippen LogP contribution is 2.07. The average Bonchev–Trinajstić information content (AvgIpc) is 1.59. The average molecular weight is 183 g/mol. The zero-order valence-electron chi connectivity index (χ0n) is 5.30. The van der Waals surface area contributed by atoms with E-state index in [0.717, 1.165) is 4.31 Å². The Bertz CT molecular complexity index is 120. The first-order valence-corrected chi connectivity index (χ1v) is 3.39. The molecule has 4 nitrogen and oxygen atoms in total. The van der Waals surface area contributed by atoms with Gasteiger partial charge in [-0.15, -0.1) is 12.6 Å². The Balaban J connectivity index is 4.12. The summed E-state index contributed by atoms with van der Waals surface area (Å²) in [6.07, 6.45) is 0. The number of hydrogen-bond acceptors (Lipinski definition) is 5. The lowest BCUT2D eigenvalue weighted by atomic mass is 10.3. The van der Waals surface area contributed by atoms with Crippen LogP contribution in [-0.2, 0) is 4.79 Å². The number of aliphatic hydroxyl groups excluding tert-OH is 1. The van der Waals surface area contributed by atoms with Crippen LogP contribution in [0.3, 0.4) is 0 Å². The van der Waals surface area contributed by atoms with E-state index in [0.29, 0.717) is 0 Å². The molecule has 0 fully saturated rings. The number of rotatable bonds is 3. The van der Waals surface area contributed by atoms with E-state index in [1.165, 1.54) is 7.05 Å². The molecule has 0 aromatic carbocycles. The molecule has 10 heavy (non-hydrogen) atoms. The molecule has 0 heterocycles. The van der Waals surface area contributed by atoms with Gasteiger partial charge in [0.15, 0.2) is 6.04 Å². The van der Waals surface area contributed by atoms with Gasteiger partial charge in [0.25, 0.3) is 0 Å². The minimum absolute atomic E-state index is 1.08. The molecule has 2 N–H and O–H groups in total. The smallest absolute Gasteiger partial charge is 0.325 e.